The van der Waals surface area contributed by atoms with Crippen molar-refractivity contribution in [1.82, 2.24) is 9.80 Å². The van der Waals surface area contributed by atoms with Crippen LogP contribution in [0.3, 0.4) is 0 Å². The Morgan fingerprint density at radius 3 is 2.06 bits per heavy atom. The van der Waals surface area contributed by atoms with E-state index < -0.39 is 0 Å². The minimum atomic E-state index is 0.0461. The molecule has 0 unspecified atom stereocenters. The third kappa shape index (κ3) is 3.47. The van der Waals surface area contributed by atoms with E-state index in [1.54, 1.807) is 0 Å². The molecule has 0 atom stereocenters. The van der Waals surface area contributed by atoms with Crippen LogP contribution < -0.4 is 0 Å². The lowest BCUT2D eigenvalue weighted by atomic mass is 10.1. The summed E-state index contributed by atoms with van der Waals surface area (Å²) in [6.45, 7) is 6.50. The smallest absolute Gasteiger partial charge is 0.225 e. The number of rotatable bonds is 3. The summed E-state index contributed by atoms with van der Waals surface area (Å²) in [6, 6.07) is 0. The Morgan fingerprint density at radius 2 is 1.62 bits per heavy atom. The number of hydrogen-bond donors (Lipinski definition) is 0. The molecule has 4 nitrogen and oxygen atoms in total. The van der Waals surface area contributed by atoms with Gasteiger partial charge >= 0.3 is 0 Å². The van der Waals surface area contributed by atoms with Gasteiger partial charge in [-0.05, 0) is 0 Å². The summed E-state index contributed by atoms with van der Waals surface area (Å²) in [6.07, 6.45) is 0.540. The molecule has 0 radical (unpaired) electrons. The number of carbonyl (C=O) groups is 2. The lowest BCUT2D eigenvalue weighted by Crippen LogP contribution is -2.51. The monoisotopic (exact) mass is 290 g/mol. The molecule has 1 aliphatic heterocycles. The highest BCUT2D eigenvalue weighted by molar-refractivity contribution is 9.09. The summed E-state index contributed by atoms with van der Waals surface area (Å²) in [5.41, 5.74) is 0. The zero-order valence-corrected chi connectivity index (χ0v) is 11.5. The fraction of sp³-hybridized carbons (Fsp3) is 0.818. The Balaban J connectivity index is 2.39. The number of amides is 2. The number of piperazine rings is 1. The molecule has 1 saturated heterocycles. The van der Waals surface area contributed by atoms with Crippen LogP contribution in [0.5, 0.6) is 0 Å². The van der Waals surface area contributed by atoms with E-state index in [1.807, 2.05) is 23.6 Å². The average molecular weight is 291 g/mol. The van der Waals surface area contributed by atoms with Gasteiger partial charge in [-0.3, -0.25) is 9.59 Å². The molecule has 2 amide bonds. The van der Waals surface area contributed by atoms with Crippen LogP contribution in [0.1, 0.15) is 20.3 Å². The highest BCUT2D eigenvalue weighted by Crippen LogP contribution is 2.08. The van der Waals surface area contributed by atoms with Crippen molar-refractivity contribution in [3.63, 3.8) is 0 Å². The van der Waals surface area contributed by atoms with E-state index in [4.69, 9.17) is 0 Å². The van der Waals surface area contributed by atoms with E-state index in [0.29, 0.717) is 37.9 Å². The normalized spacial score (nSPS) is 16.8. The molecule has 0 saturated carbocycles. The molecule has 0 aromatic rings. The minimum Gasteiger partial charge on any atom is -0.339 e. The van der Waals surface area contributed by atoms with Gasteiger partial charge in [-0.15, -0.1) is 0 Å². The summed E-state index contributed by atoms with van der Waals surface area (Å²) in [7, 11) is 0. The summed E-state index contributed by atoms with van der Waals surface area (Å²) in [4.78, 5) is 27.0. The van der Waals surface area contributed by atoms with E-state index in [2.05, 4.69) is 15.9 Å². The van der Waals surface area contributed by atoms with Gasteiger partial charge in [-0.1, -0.05) is 29.8 Å². The molecule has 0 bridgehead atoms. The standard InChI is InChI=1S/C11H19BrN2O2/c1-9(2)11(16)14-7-5-13(6-8-14)10(15)3-4-12/h9H,3-8H2,1-2H3. The van der Waals surface area contributed by atoms with Gasteiger partial charge < -0.3 is 9.80 Å². The van der Waals surface area contributed by atoms with Crippen LogP contribution in [0.4, 0.5) is 0 Å². The largest absolute Gasteiger partial charge is 0.339 e. The van der Waals surface area contributed by atoms with Crippen molar-refractivity contribution in [2.24, 2.45) is 5.92 Å². The Morgan fingerprint density at radius 1 is 1.12 bits per heavy atom. The molecule has 1 rings (SSSR count). The number of nitrogens with zero attached hydrogens (tertiary/aromatic N) is 2. The van der Waals surface area contributed by atoms with Crippen molar-refractivity contribution < 1.29 is 9.59 Å². The first kappa shape index (κ1) is 13.5. The van der Waals surface area contributed by atoms with E-state index in [-0.39, 0.29) is 17.7 Å². The number of hydrogen-bond acceptors (Lipinski definition) is 2. The second-order valence-electron chi connectivity index (χ2n) is 4.30. The summed E-state index contributed by atoms with van der Waals surface area (Å²) in [5.74, 6) is 0.408. The third-order valence-corrected chi connectivity index (χ3v) is 3.14. The van der Waals surface area contributed by atoms with Gasteiger partial charge in [0.15, 0.2) is 0 Å². The number of alkyl halides is 1. The van der Waals surface area contributed by atoms with E-state index in [1.165, 1.54) is 0 Å². The summed E-state index contributed by atoms with van der Waals surface area (Å²) in [5, 5.41) is 0.705. The van der Waals surface area contributed by atoms with Crippen molar-refractivity contribution in [2.75, 3.05) is 31.5 Å². The Labute approximate surface area is 105 Å². The lowest BCUT2D eigenvalue weighted by molar-refractivity contribution is -0.141. The SMILES string of the molecule is CC(C)C(=O)N1CCN(C(=O)CCBr)CC1. The quantitative estimate of drug-likeness (QED) is 0.731. The molecule has 0 spiro atoms. The van der Waals surface area contributed by atoms with Crippen LogP contribution in [-0.4, -0.2) is 53.1 Å². The Hall–Kier alpha value is -0.580. The minimum absolute atomic E-state index is 0.0461. The molecule has 0 aliphatic carbocycles. The number of carbonyl (C=O) groups excluding carboxylic acids is 2. The second kappa shape index (κ2) is 6.23. The van der Waals surface area contributed by atoms with Gasteiger partial charge in [0.05, 0.1) is 0 Å². The van der Waals surface area contributed by atoms with Crippen LogP contribution in [0.15, 0.2) is 0 Å². The van der Waals surface area contributed by atoms with Crippen molar-refractivity contribution in [3.05, 3.63) is 0 Å². The Kier molecular flexibility index (Phi) is 5.25. The summed E-state index contributed by atoms with van der Waals surface area (Å²) >= 11 is 3.26. The first-order valence-corrected chi connectivity index (χ1v) is 6.81. The summed E-state index contributed by atoms with van der Waals surface area (Å²) < 4.78 is 0. The molecule has 0 aromatic heterocycles. The third-order valence-electron chi connectivity index (χ3n) is 2.75. The molecule has 16 heavy (non-hydrogen) atoms. The maximum atomic E-state index is 11.7. The molecule has 92 valence electrons. The van der Waals surface area contributed by atoms with Crippen molar-refractivity contribution in [1.29, 1.82) is 0 Å². The van der Waals surface area contributed by atoms with Crippen LogP contribution in [0, 0.1) is 5.92 Å². The van der Waals surface area contributed by atoms with Gasteiger partial charge in [0.1, 0.15) is 0 Å². The maximum Gasteiger partial charge on any atom is 0.225 e. The van der Waals surface area contributed by atoms with Gasteiger partial charge in [-0.25, -0.2) is 0 Å². The molecule has 1 aliphatic rings. The van der Waals surface area contributed by atoms with Crippen LogP contribution >= 0.6 is 15.9 Å². The van der Waals surface area contributed by atoms with Crippen LogP contribution in [-0.2, 0) is 9.59 Å². The lowest BCUT2D eigenvalue weighted by Gasteiger charge is -2.35. The highest BCUT2D eigenvalue weighted by Gasteiger charge is 2.24. The van der Waals surface area contributed by atoms with Crippen molar-refractivity contribution in [2.45, 2.75) is 20.3 Å². The van der Waals surface area contributed by atoms with E-state index in [9.17, 15) is 9.59 Å². The average Bonchev–Trinajstić information content (AvgIpc) is 2.28. The van der Waals surface area contributed by atoms with Crippen LogP contribution in [0.2, 0.25) is 0 Å². The first-order chi connectivity index (χ1) is 7.56. The molecule has 1 heterocycles. The van der Waals surface area contributed by atoms with Gasteiger partial charge in [-0.2, -0.15) is 0 Å². The predicted octanol–water partition coefficient (Wildman–Crippen LogP) is 1.10. The van der Waals surface area contributed by atoms with E-state index in [0.717, 1.165) is 0 Å². The van der Waals surface area contributed by atoms with Gasteiger partial charge in [0, 0.05) is 43.8 Å². The molecular weight excluding hydrogens is 272 g/mol. The fourth-order valence-corrected chi connectivity index (χ4v) is 2.12. The second-order valence-corrected chi connectivity index (χ2v) is 5.09. The first-order valence-electron chi connectivity index (χ1n) is 5.68. The molecule has 0 N–H and O–H groups in total. The molecule has 1 fully saturated rings. The number of halogens is 1. The fourth-order valence-electron chi connectivity index (χ4n) is 1.78. The van der Waals surface area contributed by atoms with Crippen molar-refractivity contribution in [3.8, 4) is 0 Å². The van der Waals surface area contributed by atoms with Gasteiger partial charge in [0.2, 0.25) is 11.8 Å². The zero-order valence-electron chi connectivity index (χ0n) is 9.91. The predicted molar refractivity (Wildman–Crippen MR) is 66.4 cm³/mol. The zero-order chi connectivity index (χ0) is 12.1. The maximum absolute atomic E-state index is 11.7. The molecule has 0 aromatic carbocycles. The van der Waals surface area contributed by atoms with Crippen LogP contribution in [0.25, 0.3) is 0 Å². The topological polar surface area (TPSA) is 40.6 Å². The Bertz CT molecular complexity index is 261. The molecular formula is C11H19BrN2O2. The highest BCUT2D eigenvalue weighted by atomic mass is 79.9. The molecule has 5 heteroatoms. The van der Waals surface area contributed by atoms with Crippen molar-refractivity contribution >= 4 is 27.7 Å². The van der Waals surface area contributed by atoms with Gasteiger partial charge in [0.25, 0.3) is 0 Å². The van der Waals surface area contributed by atoms with E-state index >= 15 is 0 Å².